The molecule has 0 saturated heterocycles. The van der Waals surface area contributed by atoms with E-state index in [0.717, 1.165) is 51.0 Å². The molecule has 33 heavy (non-hydrogen) atoms. The largest absolute Gasteiger partial charge is 0.497 e. The third kappa shape index (κ3) is 3.65. The molecular weight excluding hydrogens is 429 g/mol. The highest BCUT2D eigenvalue weighted by molar-refractivity contribution is 6.27. The van der Waals surface area contributed by atoms with Crippen molar-refractivity contribution in [3.05, 3.63) is 89.1 Å². The molecule has 0 atom stereocenters. The van der Waals surface area contributed by atoms with E-state index in [-0.39, 0.29) is 0 Å². The first-order chi connectivity index (χ1) is 15.9. The van der Waals surface area contributed by atoms with E-state index in [1.807, 2.05) is 42.6 Å². The van der Waals surface area contributed by atoms with E-state index in [1.54, 1.807) is 20.4 Å². The maximum absolute atomic E-state index is 13.2. The second-order valence-corrected chi connectivity index (χ2v) is 7.62. The van der Waals surface area contributed by atoms with E-state index in [0.29, 0.717) is 17.1 Å². The second-order valence-electron chi connectivity index (χ2n) is 7.62. The van der Waals surface area contributed by atoms with Crippen LogP contribution in [0.25, 0.3) is 22.0 Å². The van der Waals surface area contributed by atoms with Crippen molar-refractivity contribution in [1.82, 2.24) is 4.98 Å². The highest BCUT2D eigenvalue weighted by atomic mass is 19.4. The van der Waals surface area contributed by atoms with Crippen LogP contribution in [-0.2, 0) is 6.18 Å². The first kappa shape index (κ1) is 20.9. The Morgan fingerprint density at radius 1 is 0.879 bits per heavy atom. The fourth-order valence-electron chi connectivity index (χ4n) is 4.10. The Morgan fingerprint density at radius 3 is 2.27 bits per heavy atom. The summed E-state index contributed by atoms with van der Waals surface area (Å²) in [6.07, 6.45) is -0.792. The van der Waals surface area contributed by atoms with Gasteiger partial charge in [-0.05, 0) is 42.0 Å². The number of H-pyrrole nitrogens is 1. The summed E-state index contributed by atoms with van der Waals surface area (Å²) in [5, 5.41) is 0.925. The Kier molecular flexibility index (Phi) is 4.96. The lowest BCUT2D eigenvalue weighted by molar-refractivity contribution is -0.137. The summed E-state index contributed by atoms with van der Waals surface area (Å²) in [5.41, 5.74) is 4.92. The van der Waals surface area contributed by atoms with E-state index in [2.05, 4.69) is 9.98 Å². The Labute approximate surface area is 188 Å². The van der Waals surface area contributed by atoms with Gasteiger partial charge in [0.15, 0.2) is 0 Å². The predicted octanol–water partition coefficient (Wildman–Crippen LogP) is 6.88. The smallest absolute Gasteiger partial charge is 0.416 e. The van der Waals surface area contributed by atoms with Gasteiger partial charge in [-0.2, -0.15) is 13.2 Å². The number of hydrogen-bond acceptors (Lipinski definition) is 3. The molecule has 7 heteroatoms. The number of methoxy groups -OCH3 is 2. The number of aromatic amines is 1. The minimum atomic E-state index is -4.40. The number of alkyl halides is 3. The molecule has 0 radical (unpaired) electrons. The van der Waals surface area contributed by atoms with Gasteiger partial charge in [-0.1, -0.05) is 12.1 Å². The summed E-state index contributed by atoms with van der Waals surface area (Å²) < 4.78 is 50.2. The first-order valence-electron chi connectivity index (χ1n) is 10.2. The Hall–Kier alpha value is -4.00. The minimum absolute atomic E-state index is 0.657. The number of allylic oxidation sites excluding steroid dienone is 1. The molecule has 4 aromatic rings. The zero-order valence-corrected chi connectivity index (χ0v) is 17.8. The molecule has 1 aliphatic rings. The molecule has 1 N–H and O–H groups in total. The average Bonchev–Trinajstić information content (AvgIpc) is 3.43. The molecule has 4 nitrogen and oxygen atoms in total. The maximum Gasteiger partial charge on any atom is 0.416 e. The van der Waals surface area contributed by atoms with Gasteiger partial charge in [0.2, 0.25) is 0 Å². The molecule has 0 unspecified atom stereocenters. The number of nitrogens with zero attached hydrogens (tertiary/aromatic N) is 1. The quantitative estimate of drug-likeness (QED) is 0.370. The zero-order chi connectivity index (χ0) is 23.2. The van der Waals surface area contributed by atoms with Crippen LogP contribution in [0.2, 0.25) is 0 Å². The van der Waals surface area contributed by atoms with E-state index >= 15 is 0 Å². The fraction of sp³-hybridized carbons (Fsp3) is 0.115. The number of fused-ring (bicyclic) bond motifs is 2. The summed E-state index contributed by atoms with van der Waals surface area (Å²) in [6.45, 7) is 0. The number of halogens is 3. The van der Waals surface area contributed by atoms with Gasteiger partial charge in [-0.3, -0.25) is 4.99 Å². The molecule has 1 aromatic heterocycles. The monoisotopic (exact) mass is 448 g/mol. The van der Waals surface area contributed by atoms with Gasteiger partial charge in [0, 0.05) is 57.7 Å². The molecule has 0 bridgehead atoms. The van der Waals surface area contributed by atoms with Crippen molar-refractivity contribution in [2.24, 2.45) is 4.99 Å². The van der Waals surface area contributed by atoms with E-state index in [1.165, 1.54) is 12.1 Å². The lowest BCUT2D eigenvalue weighted by atomic mass is 9.89. The Bertz CT molecular complexity index is 1410. The average molecular weight is 448 g/mol. The third-order valence-electron chi connectivity index (χ3n) is 5.76. The molecule has 2 heterocycles. The molecule has 0 saturated carbocycles. The predicted molar refractivity (Wildman–Crippen MR) is 123 cm³/mol. The molecule has 0 aliphatic carbocycles. The van der Waals surface area contributed by atoms with E-state index in [4.69, 9.17) is 9.47 Å². The van der Waals surface area contributed by atoms with Crippen molar-refractivity contribution in [1.29, 1.82) is 0 Å². The van der Waals surface area contributed by atoms with Crippen LogP contribution in [-0.4, -0.2) is 25.4 Å². The van der Waals surface area contributed by atoms with Gasteiger partial charge in [0.05, 0.1) is 25.5 Å². The van der Waals surface area contributed by atoms with Crippen LogP contribution in [0, 0.1) is 0 Å². The Balaban J connectivity index is 1.75. The van der Waals surface area contributed by atoms with Crippen molar-refractivity contribution in [2.45, 2.75) is 6.18 Å². The van der Waals surface area contributed by atoms with E-state index in [9.17, 15) is 13.2 Å². The zero-order valence-electron chi connectivity index (χ0n) is 17.8. The first-order valence-corrected chi connectivity index (χ1v) is 10.2. The summed E-state index contributed by atoms with van der Waals surface area (Å²) in [4.78, 5) is 7.79. The number of aliphatic imine (C=N–C) groups is 1. The van der Waals surface area contributed by atoms with Gasteiger partial charge < -0.3 is 14.5 Å². The lowest BCUT2D eigenvalue weighted by Crippen LogP contribution is -2.04. The summed E-state index contributed by atoms with van der Waals surface area (Å²) in [7, 11) is 3.19. The molecule has 0 fully saturated rings. The minimum Gasteiger partial charge on any atom is -0.497 e. The van der Waals surface area contributed by atoms with Gasteiger partial charge in [0.1, 0.15) is 11.5 Å². The van der Waals surface area contributed by atoms with Crippen LogP contribution in [0.15, 0.2) is 71.9 Å². The van der Waals surface area contributed by atoms with Crippen molar-refractivity contribution >= 4 is 34.0 Å². The number of nitrogens with one attached hydrogen (secondary N) is 1. The van der Waals surface area contributed by atoms with Crippen LogP contribution >= 0.6 is 0 Å². The van der Waals surface area contributed by atoms with Crippen LogP contribution in [0.4, 0.5) is 18.9 Å². The maximum atomic E-state index is 13.2. The standard InChI is InChI=1S/C26H19F3N2O2/c1-32-17-7-9-19-21(13-30-23(19)11-17)25(15-3-5-16(6-4-15)26(27,28)29)22-14-31-24-12-18(33-2)8-10-20(22)24/h3-14,30H,1-2H3. The van der Waals surface area contributed by atoms with Crippen LogP contribution < -0.4 is 9.47 Å². The Morgan fingerprint density at radius 2 is 1.58 bits per heavy atom. The highest BCUT2D eigenvalue weighted by Crippen LogP contribution is 2.43. The second kappa shape index (κ2) is 7.85. The number of aromatic nitrogens is 1. The topological polar surface area (TPSA) is 46.6 Å². The van der Waals surface area contributed by atoms with Crippen LogP contribution in [0.5, 0.6) is 11.5 Å². The summed E-state index contributed by atoms with van der Waals surface area (Å²) in [5.74, 6) is 1.39. The SMILES string of the molecule is COc1ccc2c(c1)N=CC2=C(c1ccc(C(F)(F)F)cc1)c1c[nH]c2cc(OC)ccc12. The van der Waals surface area contributed by atoms with Gasteiger partial charge in [0.25, 0.3) is 0 Å². The number of benzene rings is 3. The van der Waals surface area contributed by atoms with Crippen LogP contribution in [0.1, 0.15) is 22.3 Å². The lowest BCUT2D eigenvalue weighted by Gasteiger charge is -2.14. The normalized spacial score (nSPS) is 14.5. The molecule has 5 rings (SSSR count). The third-order valence-corrected chi connectivity index (χ3v) is 5.76. The highest BCUT2D eigenvalue weighted by Gasteiger charge is 2.30. The molecule has 1 aliphatic heterocycles. The molecule has 166 valence electrons. The summed E-state index contributed by atoms with van der Waals surface area (Å²) >= 11 is 0. The summed E-state index contributed by atoms with van der Waals surface area (Å²) in [6, 6.07) is 16.5. The van der Waals surface area contributed by atoms with Crippen molar-refractivity contribution in [3.8, 4) is 11.5 Å². The number of rotatable bonds is 4. The van der Waals surface area contributed by atoms with Gasteiger partial charge in [-0.15, -0.1) is 0 Å². The van der Waals surface area contributed by atoms with Crippen molar-refractivity contribution in [3.63, 3.8) is 0 Å². The molecule has 3 aromatic carbocycles. The molecular formula is C26H19F3N2O2. The van der Waals surface area contributed by atoms with Gasteiger partial charge >= 0.3 is 6.18 Å². The van der Waals surface area contributed by atoms with Crippen molar-refractivity contribution < 1.29 is 22.6 Å². The number of hydrogen-bond donors (Lipinski definition) is 1. The van der Waals surface area contributed by atoms with Crippen molar-refractivity contribution in [2.75, 3.05) is 14.2 Å². The van der Waals surface area contributed by atoms with Crippen LogP contribution in [0.3, 0.4) is 0 Å². The molecule has 0 spiro atoms. The number of ether oxygens (including phenoxy) is 2. The van der Waals surface area contributed by atoms with Gasteiger partial charge in [-0.25, -0.2) is 0 Å². The fourth-order valence-corrected chi connectivity index (χ4v) is 4.10. The molecule has 0 amide bonds. The van der Waals surface area contributed by atoms with E-state index < -0.39 is 11.7 Å².